The van der Waals surface area contributed by atoms with Gasteiger partial charge in [-0.15, -0.1) is 0 Å². The summed E-state index contributed by atoms with van der Waals surface area (Å²) in [6.07, 6.45) is 0.428. The van der Waals surface area contributed by atoms with Crippen molar-refractivity contribution in [3.05, 3.63) is 28.7 Å². The van der Waals surface area contributed by atoms with E-state index < -0.39 is 22.0 Å². The first-order valence-corrected chi connectivity index (χ1v) is 8.31. The van der Waals surface area contributed by atoms with Crippen LogP contribution in [0.25, 0.3) is 0 Å². The first-order valence-electron chi connectivity index (χ1n) is 6.03. The molecule has 6 nitrogen and oxygen atoms in total. The SMILES string of the molecule is C[C@@H](NS(=O)(=O)c1ccc(Br)cc1)C(=O)NCCCO. The summed E-state index contributed by atoms with van der Waals surface area (Å²) in [5, 5.41) is 11.1. The average Bonchev–Trinajstić information content (AvgIpc) is 2.38. The maximum Gasteiger partial charge on any atom is 0.241 e. The van der Waals surface area contributed by atoms with Gasteiger partial charge in [0, 0.05) is 17.6 Å². The molecule has 0 aliphatic carbocycles. The van der Waals surface area contributed by atoms with E-state index in [1.54, 1.807) is 12.1 Å². The van der Waals surface area contributed by atoms with Gasteiger partial charge in [-0.05, 0) is 37.6 Å². The van der Waals surface area contributed by atoms with Crippen molar-refractivity contribution in [3.63, 3.8) is 0 Å². The number of aliphatic hydroxyl groups excluding tert-OH is 1. The molecule has 8 heteroatoms. The third kappa shape index (κ3) is 5.20. The number of hydrogen-bond donors (Lipinski definition) is 3. The van der Waals surface area contributed by atoms with Gasteiger partial charge in [-0.3, -0.25) is 4.79 Å². The summed E-state index contributed by atoms with van der Waals surface area (Å²) in [7, 11) is -3.73. The number of hydrogen-bond acceptors (Lipinski definition) is 4. The number of halogens is 1. The van der Waals surface area contributed by atoms with Gasteiger partial charge in [-0.1, -0.05) is 15.9 Å². The van der Waals surface area contributed by atoms with Crippen molar-refractivity contribution in [2.24, 2.45) is 0 Å². The predicted molar refractivity (Wildman–Crippen MR) is 78.6 cm³/mol. The molecule has 0 saturated carbocycles. The number of benzene rings is 1. The summed E-state index contributed by atoms with van der Waals surface area (Å²) in [5.41, 5.74) is 0. The second kappa shape index (κ2) is 7.72. The summed E-state index contributed by atoms with van der Waals surface area (Å²) in [4.78, 5) is 11.7. The van der Waals surface area contributed by atoms with Crippen LogP contribution in [0.3, 0.4) is 0 Å². The first kappa shape index (κ1) is 17.1. The number of rotatable bonds is 7. The Morgan fingerprint density at radius 1 is 1.35 bits per heavy atom. The molecule has 1 aromatic rings. The van der Waals surface area contributed by atoms with E-state index in [-0.39, 0.29) is 11.5 Å². The lowest BCUT2D eigenvalue weighted by atomic mass is 10.3. The Morgan fingerprint density at radius 2 is 1.95 bits per heavy atom. The third-order valence-corrected chi connectivity index (χ3v) is 4.57. The van der Waals surface area contributed by atoms with Crippen molar-refractivity contribution < 1.29 is 18.3 Å². The molecule has 0 heterocycles. The molecule has 1 aromatic carbocycles. The van der Waals surface area contributed by atoms with Crippen LogP contribution in [0.1, 0.15) is 13.3 Å². The Bertz CT molecular complexity index is 545. The van der Waals surface area contributed by atoms with Crippen molar-refractivity contribution in [1.29, 1.82) is 0 Å². The lowest BCUT2D eigenvalue weighted by Gasteiger charge is -2.14. The Kier molecular flexibility index (Phi) is 6.60. The lowest BCUT2D eigenvalue weighted by Crippen LogP contribution is -2.45. The van der Waals surface area contributed by atoms with Gasteiger partial charge in [0.15, 0.2) is 0 Å². The average molecular weight is 365 g/mol. The molecular formula is C12H17BrN2O4S. The van der Waals surface area contributed by atoms with Gasteiger partial charge in [-0.2, -0.15) is 4.72 Å². The minimum Gasteiger partial charge on any atom is -0.396 e. The van der Waals surface area contributed by atoms with Crippen molar-refractivity contribution in [3.8, 4) is 0 Å². The van der Waals surface area contributed by atoms with E-state index in [0.717, 1.165) is 4.47 Å². The zero-order chi connectivity index (χ0) is 15.2. The Hall–Kier alpha value is -0.960. The fraction of sp³-hybridized carbons (Fsp3) is 0.417. The van der Waals surface area contributed by atoms with E-state index in [2.05, 4.69) is 26.0 Å². The third-order valence-electron chi connectivity index (χ3n) is 2.48. The van der Waals surface area contributed by atoms with E-state index in [4.69, 9.17) is 5.11 Å². The van der Waals surface area contributed by atoms with Gasteiger partial charge in [0.1, 0.15) is 0 Å². The minimum absolute atomic E-state index is 0.0285. The van der Waals surface area contributed by atoms with Crippen LogP contribution >= 0.6 is 15.9 Å². The molecule has 0 unspecified atom stereocenters. The van der Waals surface area contributed by atoms with Crippen LogP contribution in [0.15, 0.2) is 33.6 Å². The molecule has 0 aliphatic rings. The minimum atomic E-state index is -3.73. The summed E-state index contributed by atoms with van der Waals surface area (Å²) in [6.45, 7) is 1.74. The quantitative estimate of drug-likeness (QED) is 0.617. The maximum absolute atomic E-state index is 12.0. The molecule has 112 valence electrons. The number of carbonyl (C=O) groups is 1. The van der Waals surface area contributed by atoms with E-state index >= 15 is 0 Å². The summed E-state index contributed by atoms with van der Waals surface area (Å²) in [5.74, 6) is -0.431. The van der Waals surface area contributed by atoms with E-state index in [9.17, 15) is 13.2 Å². The molecule has 1 rings (SSSR count). The zero-order valence-corrected chi connectivity index (χ0v) is 13.4. The Balaban J connectivity index is 2.66. The predicted octanol–water partition coefficient (Wildman–Crippen LogP) is 0.615. The molecule has 3 N–H and O–H groups in total. The van der Waals surface area contributed by atoms with Crippen LogP contribution in [0.5, 0.6) is 0 Å². The van der Waals surface area contributed by atoms with E-state index in [0.29, 0.717) is 13.0 Å². The molecular weight excluding hydrogens is 348 g/mol. The number of carbonyl (C=O) groups excluding carboxylic acids is 1. The van der Waals surface area contributed by atoms with Gasteiger partial charge in [0.05, 0.1) is 10.9 Å². The molecule has 0 aliphatic heterocycles. The standard InChI is InChI=1S/C12H17BrN2O4S/c1-9(12(17)14-7-2-8-16)15-20(18,19)11-5-3-10(13)4-6-11/h3-6,9,15-16H,2,7-8H2,1H3,(H,14,17)/t9-/m1/s1. The molecule has 0 saturated heterocycles. The van der Waals surface area contributed by atoms with Crippen molar-refractivity contribution in [2.75, 3.05) is 13.2 Å². The molecule has 0 fully saturated rings. The van der Waals surface area contributed by atoms with Crippen LogP contribution in [-0.2, 0) is 14.8 Å². The normalized spacial score (nSPS) is 12.9. The molecule has 1 amide bonds. The van der Waals surface area contributed by atoms with Gasteiger partial charge >= 0.3 is 0 Å². The topological polar surface area (TPSA) is 95.5 Å². The summed E-state index contributed by atoms with van der Waals surface area (Å²) >= 11 is 3.22. The van der Waals surface area contributed by atoms with Gasteiger partial charge in [0.2, 0.25) is 15.9 Å². The number of amides is 1. The van der Waals surface area contributed by atoms with Crippen molar-refractivity contribution in [1.82, 2.24) is 10.0 Å². The number of aliphatic hydroxyl groups is 1. The Labute approximate surface area is 126 Å². The zero-order valence-electron chi connectivity index (χ0n) is 11.0. The second-order valence-electron chi connectivity index (χ2n) is 4.17. The molecule has 0 spiro atoms. The van der Waals surface area contributed by atoms with Crippen LogP contribution in [-0.4, -0.2) is 38.6 Å². The lowest BCUT2D eigenvalue weighted by molar-refractivity contribution is -0.122. The smallest absolute Gasteiger partial charge is 0.241 e. The highest BCUT2D eigenvalue weighted by atomic mass is 79.9. The summed E-state index contributed by atoms with van der Waals surface area (Å²) < 4.78 is 27.2. The summed E-state index contributed by atoms with van der Waals surface area (Å²) in [6, 6.07) is 5.23. The fourth-order valence-corrected chi connectivity index (χ4v) is 2.88. The maximum atomic E-state index is 12.0. The van der Waals surface area contributed by atoms with Gasteiger partial charge in [0.25, 0.3) is 0 Å². The second-order valence-corrected chi connectivity index (χ2v) is 6.79. The highest BCUT2D eigenvalue weighted by Crippen LogP contribution is 2.14. The Morgan fingerprint density at radius 3 is 2.50 bits per heavy atom. The number of nitrogens with one attached hydrogen (secondary N) is 2. The van der Waals surface area contributed by atoms with Crippen LogP contribution in [0.2, 0.25) is 0 Å². The van der Waals surface area contributed by atoms with E-state index in [1.165, 1.54) is 19.1 Å². The molecule has 0 aromatic heterocycles. The van der Waals surface area contributed by atoms with Crippen molar-refractivity contribution >= 4 is 31.9 Å². The monoisotopic (exact) mass is 364 g/mol. The largest absolute Gasteiger partial charge is 0.396 e. The van der Waals surface area contributed by atoms with Crippen molar-refractivity contribution in [2.45, 2.75) is 24.3 Å². The molecule has 1 atom stereocenters. The van der Waals surface area contributed by atoms with Crippen LogP contribution in [0, 0.1) is 0 Å². The van der Waals surface area contributed by atoms with Crippen LogP contribution in [0.4, 0.5) is 0 Å². The van der Waals surface area contributed by atoms with Gasteiger partial charge in [-0.25, -0.2) is 8.42 Å². The number of sulfonamides is 1. The highest BCUT2D eigenvalue weighted by Gasteiger charge is 2.21. The molecule has 0 bridgehead atoms. The highest BCUT2D eigenvalue weighted by molar-refractivity contribution is 9.10. The van der Waals surface area contributed by atoms with Crippen LogP contribution < -0.4 is 10.0 Å². The van der Waals surface area contributed by atoms with Gasteiger partial charge < -0.3 is 10.4 Å². The molecule has 0 radical (unpaired) electrons. The fourth-order valence-electron chi connectivity index (χ4n) is 1.41. The first-order chi connectivity index (χ1) is 9.36. The molecule has 20 heavy (non-hydrogen) atoms. The van der Waals surface area contributed by atoms with E-state index in [1.807, 2.05) is 0 Å².